The highest BCUT2D eigenvalue weighted by Gasteiger charge is 2.38. The van der Waals surface area contributed by atoms with Crippen molar-refractivity contribution in [1.82, 2.24) is 14.8 Å². The van der Waals surface area contributed by atoms with Crippen LogP contribution in [0.5, 0.6) is 0 Å². The van der Waals surface area contributed by atoms with Gasteiger partial charge in [-0.1, -0.05) is 0 Å². The van der Waals surface area contributed by atoms with Gasteiger partial charge in [-0.25, -0.2) is 0 Å². The van der Waals surface area contributed by atoms with Crippen LogP contribution in [0.25, 0.3) is 0 Å². The summed E-state index contributed by atoms with van der Waals surface area (Å²) in [7, 11) is 0. The molecule has 0 radical (unpaired) electrons. The first-order valence-electron chi connectivity index (χ1n) is 8.58. The molecular weight excluding hydrogens is 374 g/mol. The van der Waals surface area contributed by atoms with Crippen LogP contribution in [-0.4, -0.2) is 51.6 Å². The molecule has 132 valence electrons. The molecule has 7 heteroatoms. The van der Waals surface area contributed by atoms with Crippen LogP contribution in [-0.2, 0) is 11.3 Å². The molecule has 2 saturated carbocycles. The number of carboxylic acids is 1. The van der Waals surface area contributed by atoms with E-state index in [1.54, 1.807) is 0 Å². The van der Waals surface area contributed by atoms with Crippen LogP contribution in [0.1, 0.15) is 43.1 Å². The Morgan fingerprint density at radius 2 is 2.12 bits per heavy atom. The molecule has 0 bridgehead atoms. The highest BCUT2D eigenvalue weighted by Crippen LogP contribution is 2.33. The average Bonchev–Trinajstić information content (AvgIpc) is 3.20. The third-order valence-corrected chi connectivity index (χ3v) is 5.36. The van der Waals surface area contributed by atoms with Gasteiger partial charge in [-0.05, 0) is 60.5 Å². The van der Waals surface area contributed by atoms with Crippen molar-refractivity contribution in [3.8, 4) is 0 Å². The maximum Gasteiger partial charge on any atom is 0.317 e. The van der Waals surface area contributed by atoms with Crippen LogP contribution in [0, 0.1) is 5.92 Å². The summed E-state index contributed by atoms with van der Waals surface area (Å²) in [6.07, 6.45) is 6.00. The fraction of sp³-hybridized carbons (Fsp3) is 0.647. The van der Waals surface area contributed by atoms with Crippen molar-refractivity contribution in [1.29, 1.82) is 0 Å². The summed E-state index contributed by atoms with van der Waals surface area (Å²) < 4.78 is 2.82. The second-order valence-corrected chi connectivity index (χ2v) is 7.81. The fourth-order valence-electron chi connectivity index (χ4n) is 3.34. The van der Waals surface area contributed by atoms with Gasteiger partial charge in [0.1, 0.15) is 5.69 Å². The van der Waals surface area contributed by atoms with Gasteiger partial charge in [0.2, 0.25) is 0 Å². The van der Waals surface area contributed by atoms with Gasteiger partial charge in [0.25, 0.3) is 5.91 Å². The minimum Gasteiger partial charge on any atom is -0.480 e. The van der Waals surface area contributed by atoms with E-state index in [9.17, 15) is 9.59 Å². The van der Waals surface area contributed by atoms with Gasteiger partial charge in [0.15, 0.2) is 0 Å². The number of amides is 1. The molecule has 0 aliphatic heterocycles. The van der Waals surface area contributed by atoms with Crippen molar-refractivity contribution in [2.45, 2.75) is 51.2 Å². The van der Waals surface area contributed by atoms with E-state index in [-0.39, 0.29) is 24.5 Å². The molecule has 3 rings (SSSR count). The van der Waals surface area contributed by atoms with Gasteiger partial charge in [0, 0.05) is 35.8 Å². The number of aliphatic carboxylic acids is 1. The molecule has 0 unspecified atom stereocenters. The first-order valence-corrected chi connectivity index (χ1v) is 9.38. The number of hydrogen-bond donors (Lipinski definition) is 2. The lowest BCUT2D eigenvalue weighted by molar-refractivity contribution is -0.139. The molecule has 1 amide bonds. The van der Waals surface area contributed by atoms with E-state index in [1.807, 2.05) is 23.8 Å². The van der Waals surface area contributed by atoms with Crippen LogP contribution in [0.4, 0.5) is 0 Å². The zero-order valence-corrected chi connectivity index (χ0v) is 15.5. The second kappa shape index (κ2) is 7.27. The first-order chi connectivity index (χ1) is 11.5. The summed E-state index contributed by atoms with van der Waals surface area (Å²) in [4.78, 5) is 25.6. The van der Waals surface area contributed by atoms with Gasteiger partial charge in [-0.3, -0.25) is 14.5 Å². The summed E-state index contributed by atoms with van der Waals surface area (Å²) in [6, 6.07) is 2.24. The van der Waals surface area contributed by atoms with Crippen molar-refractivity contribution in [3.63, 3.8) is 0 Å². The van der Waals surface area contributed by atoms with Gasteiger partial charge < -0.3 is 15.0 Å². The van der Waals surface area contributed by atoms with Crippen LogP contribution in [0.2, 0.25) is 0 Å². The minimum atomic E-state index is -0.770. The van der Waals surface area contributed by atoms with E-state index >= 15 is 0 Å². The molecule has 1 heterocycles. The molecule has 2 aliphatic rings. The molecule has 0 spiro atoms. The molecule has 0 saturated heterocycles. The Hall–Kier alpha value is -1.34. The first kappa shape index (κ1) is 17.5. The Labute approximate surface area is 150 Å². The predicted octanol–water partition coefficient (Wildman–Crippen LogP) is 2.33. The SMILES string of the molecule is CCn1cc(Br)cc1C(=O)NC1CC(N(CC(=O)O)CC2CC2)C1. The number of nitrogens with one attached hydrogen (secondary N) is 1. The minimum absolute atomic E-state index is 0.0574. The van der Waals surface area contributed by atoms with Crippen LogP contribution in [0.3, 0.4) is 0 Å². The summed E-state index contributed by atoms with van der Waals surface area (Å²) in [5, 5.41) is 12.2. The number of carbonyl (C=O) groups is 2. The number of halogens is 1. The van der Waals surface area contributed by atoms with Gasteiger partial charge in [-0.2, -0.15) is 0 Å². The van der Waals surface area contributed by atoms with Gasteiger partial charge in [0.05, 0.1) is 6.54 Å². The number of nitrogens with zero attached hydrogens (tertiary/aromatic N) is 2. The highest BCUT2D eigenvalue weighted by molar-refractivity contribution is 9.10. The van der Waals surface area contributed by atoms with Crippen molar-refractivity contribution in [2.24, 2.45) is 5.92 Å². The standard InChI is InChI=1S/C17H24BrN3O3/c1-2-20-9-12(18)5-15(20)17(24)19-13-6-14(7-13)21(10-16(22)23)8-11-3-4-11/h5,9,11,13-14H,2-4,6-8,10H2,1H3,(H,19,24)(H,22,23). The molecule has 6 nitrogen and oxygen atoms in total. The molecule has 1 aromatic heterocycles. The number of aryl methyl sites for hydroxylation is 1. The third kappa shape index (κ3) is 4.19. The molecule has 1 aromatic rings. The summed E-state index contributed by atoms with van der Waals surface area (Å²) in [5.41, 5.74) is 0.660. The average molecular weight is 398 g/mol. The molecule has 0 atom stereocenters. The maximum atomic E-state index is 12.4. The number of hydrogen-bond acceptors (Lipinski definition) is 3. The van der Waals surface area contributed by atoms with Crippen LogP contribution in [0.15, 0.2) is 16.7 Å². The lowest BCUT2D eigenvalue weighted by Gasteiger charge is -2.42. The molecule has 2 fully saturated rings. The smallest absolute Gasteiger partial charge is 0.317 e. The van der Waals surface area contributed by atoms with Crippen LogP contribution < -0.4 is 5.32 Å². The summed E-state index contributed by atoms with van der Waals surface area (Å²) in [6.45, 7) is 3.73. The van der Waals surface area contributed by atoms with E-state index in [1.165, 1.54) is 12.8 Å². The quantitative estimate of drug-likeness (QED) is 0.705. The Morgan fingerprint density at radius 1 is 1.42 bits per heavy atom. The zero-order valence-electron chi connectivity index (χ0n) is 13.9. The lowest BCUT2D eigenvalue weighted by Crippen LogP contribution is -2.55. The third-order valence-electron chi connectivity index (χ3n) is 4.93. The normalized spacial score (nSPS) is 23.1. The predicted molar refractivity (Wildman–Crippen MR) is 94.0 cm³/mol. The Bertz CT molecular complexity index is 621. The van der Waals surface area contributed by atoms with Crippen molar-refractivity contribution in [3.05, 3.63) is 22.4 Å². The number of carbonyl (C=O) groups excluding carboxylic acids is 1. The topological polar surface area (TPSA) is 74.6 Å². The van der Waals surface area contributed by atoms with E-state index in [0.717, 1.165) is 30.4 Å². The van der Waals surface area contributed by atoms with Gasteiger partial charge in [-0.15, -0.1) is 0 Å². The zero-order chi connectivity index (χ0) is 17.3. The Balaban J connectivity index is 1.51. The van der Waals surface area contributed by atoms with E-state index in [0.29, 0.717) is 11.6 Å². The molecule has 2 N–H and O–H groups in total. The molecular formula is C17H24BrN3O3. The van der Waals surface area contributed by atoms with E-state index < -0.39 is 5.97 Å². The fourth-order valence-corrected chi connectivity index (χ4v) is 3.80. The monoisotopic (exact) mass is 397 g/mol. The Kier molecular flexibility index (Phi) is 5.30. The molecule has 0 aromatic carbocycles. The lowest BCUT2D eigenvalue weighted by atomic mass is 9.85. The van der Waals surface area contributed by atoms with E-state index in [2.05, 4.69) is 26.1 Å². The largest absolute Gasteiger partial charge is 0.480 e. The maximum absolute atomic E-state index is 12.4. The Morgan fingerprint density at radius 3 is 2.71 bits per heavy atom. The van der Waals surface area contributed by atoms with Crippen molar-refractivity contribution >= 4 is 27.8 Å². The highest BCUT2D eigenvalue weighted by atomic mass is 79.9. The number of carboxylic acid groups (broad SMARTS) is 1. The van der Waals surface area contributed by atoms with Crippen LogP contribution >= 0.6 is 15.9 Å². The number of rotatable bonds is 8. The summed E-state index contributed by atoms with van der Waals surface area (Å²) in [5.74, 6) is -0.157. The van der Waals surface area contributed by atoms with Gasteiger partial charge >= 0.3 is 5.97 Å². The van der Waals surface area contributed by atoms with Crippen molar-refractivity contribution in [2.75, 3.05) is 13.1 Å². The van der Waals surface area contributed by atoms with Crippen molar-refractivity contribution < 1.29 is 14.7 Å². The van der Waals surface area contributed by atoms with E-state index in [4.69, 9.17) is 5.11 Å². The second-order valence-electron chi connectivity index (χ2n) is 6.89. The summed E-state index contributed by atoms with van der Waals surface area (Å²) >= 11 is 3.41. The molecule has 24 heavy (non-hydrogen) atoms. The number of aromatic nitrogens is 1. The molecule has 2 aliphatic carbocycles.